The van der Waals surface area contributed by atoms with Crippen molar-refractivity contribution in [2.75, 3.05) is 6.61 Å². The number of Topliss-reactive ketones (excluding diaryl/α,β-unsaturated/α-hetero) is 1. The van der Waals surface area contributed by atoms with Crippen LogP contribution in [0.3, 0.4) is 0 Å². The Morgan fingerprint density at radius 3 is 2.64 bits per heavy atom. The maximum atomic E-state index is 12.6. The van der Waals surface area contributed by atoms with E-state index in [0.29, 0.717) is 18.4 Å². The fraction of sp³-hybridized carbons (Fsp3) is 0.737. The van der Waals surface area contributed by atoms with E-state index in [0.717, 1.165) is 25.7 Å². The molecule has 0 aromatic heterocycles. The van der Waals surface area contributed by atoms with Crippen LogP contribution < -0.4 is 0 Å². The number of aliphatic hydroxyl groups excluding tert-OH is 1. The highest BCUT2D eigenvalue weighted by molar-refractivity contribution is 6.22. The van der Waals surface area contributed by atoms with Crippen molar-refractivity contribution in [2.24, 2.45) is 11.3 Å². The van der Waals surface area contributed by atoms with Crippen LogP contribution in [-0.2, 0) is 23.9 Å². The summed E-state index contributed by atoms with van der Waals surface area (Å²) in [4.78, 5) is 36.8. The average Bonchev–Trinajstić information content (AvgIpc) is 3.04. The van der Waals surface area contributed by atoms with Gasteiger partial charge in [0.2, 0.25) is 5.78 Å². The van der Waals surface area contributed by atoms with Crippen LogP contribution >= 0.6 is 0 Å². The highest BCUT2D eigenvalue weighted by atomic mass is 16.6. The van der Waals surface area contributed by atoms with E-state index in [9.17, 15) is 19.5 Å². The van der Waals surface area contributed by atoms with Gasteiger partial charge in [-0.25, -0.2) is 4.79 Å². The zero-order chi connectivity index (χ0) is 18.2. The lowest BCUT2D eigenvalue weighted by Crippen LogP contribution is -2.47. The Balaban J connectivity index is 1.73. The average molecular weight is 350 g/mol. The van der Waals surface area contributed by atoms with Gasteiger partial charge in [-0.3, -0.25) is 9.59 Å². The summed E-state index contributed by atoms with van der Waals surface area (Å²) in [5.74, 6) is -2.37. The second-order valence-corrected chi connectivity index (χ2v) is 7.67. The fourth-order valence-electron chi connectivity index (χ4n) is 4.48. The van der Waals surface area contributed by atoms with E-state index in [1.165, 1.54) is 6.42 Å². The minimum absolute atomic E-state index is 0.0463. The molecular formula is C19H26O6. The Bertz CT molecular complexity index is 621. The van der Waals surface area contributed by atoms with E-state index < -0.39 is 41.3 Å². The highest BCUT2D eigenvalue weighted by Gasteiger charge is 2.63. The zero-order valence-electron chi connectivity index (χ0n) is 14.9. The molecule has 3 aliphatic rings. The van der Waals surface area contributed by atoms with Crippen molar-refractivity contribution in [1.29, 1.82) is 0 Å². The third-order valence-corrected chi connectivity index (χ3v) is 5.80. The maximum absolute atomic E-state index is 12.6. The number of carbonyl (C=O) groups excluding carboxylic acids is 3. The summed E-state index contributed by atoms with van der Waals surface area (Å²) in [6.07, 6.45) is 4.35. The molecule has 0 spiro atoms. The van der Waals surface area contributed by atoms with Gasteiger partial charge in [-0.2, -0.15) is 0 Å². The molecule has 0 amide bonds. The molecule has 2 heterocycles. The molecule has 1 N–H and O–H groups in total. The number of hydrogen-bond acceptors (Lipinski definition) is 6. The molecule has 1 fully saturated rings. The third kappa shape index (κ3) is 3.01. The molecule has 6 nitrogen and oxygen atoms in total. The van der Waals surface area contributed by atoms with Gasteiger partial charge >= 0.3 is 11.9 Å². The lowest BCUT2D eigenvalue weighted by Gasteiger charge is -2.37. The summed E-state index contributed by atoms with van der Waals surface area (Å²) in [7, 11) is 0. The van der Waals surface area contributed by atoms with E-state index in [1.54, 1.807) is 6.92 Å². The van der Waals surface area contributed by atoms with Gasteiger partial charge < -0.3 is 14.6 Å². The fourth-order valence-corrected chi connectivity index (χ4v) is 4.48. The van der Waals surface area contributed by atoms with Gasteiger partial charge in [0, 0.05) is 5.41 Å². The van der Waals surface area contributed by atoms with Gasteiger partial charge in [0.15, 0.2) is 6.10 Å². The molecule has 138 valence electrons. The van der Waals surface area contributed by atoms with E-state index in [1.807, 2.05) is 0 Å². The van der Waals surface area contributed by atoms with Crippen molar-refractivity contribution in [1.82, 2.24) is 0 Å². The van der Waals surface area contributed by atoms with Crippen molar-refractivity contribution in [3.63, 3.8) is 0 Å². The Hall–Kier alpha value is -1.69. The number of aliphatic hydroxyl groups is 1. The number of cyclic esters (lactones) is 1. The van der Waals surface area contributed by atoms with Crippen LogP contribution in [-0.4, -0.2) is 41.6 Å². The van der Waals surface area contributed by atoms with E-state index in [2.05, 4.69) is 6.92 Å². The summed E-state index contributed by atoms with van der Waals surface area (Å²) in [6.45, 7) is 4.04. The van der Waals surface area contributed by atoms with Crippen LogP contribution in [0.4, 0.5) is 0 Å². The van der Waals surface area contributed by atoms with Gasteiger partial charge in [-0.1, -0.05) is 46.0 Å². The van der Waals surface area contributed by atoms with Gasteiger partial charge in [0.05, 0.1) is 12.0 Å². The number of ether oxygens (including phenoxy) is 2. The number of ketones is 1. The Morgan fingerprint density at radius 1 is 1.20 bits per heavy atom. The predicted octanol–water partition coefficient (Wildman–Crippen LogP) is 2.08. The SMILES string of the molecule is CCCCCCC[C@@H](O)C1C(=O)O[C@@H]2C(=O)C3=C(COC3=O)C[C@@]12C. The largest absolute Gasteiger partial charge is 0.457 e. The Morgan fingerprint density at radius 2 is 1.92 bits per heavy atom. The molecule has 0 bridgehead atoms. The van der Waals surface area contributed by atoms with Gasteiger partial charge in [0.25, 0.3) is 0 Å². The molecule has 0 aromatic carbocycles. The van der Waals surface area contributed by atoms with E-state index >= 15 is 0 Å². The van der Waals surface area contributed by atoms with Crippen molar-refractivity contribution in [2.45, 2.75) is 71.0 Å². The molecule has 1 unspecified atom stereocenters. The van der Waals surface area contributed by atoms with Gasteiger partial charge in [-0.05, 0) is 18.4 Å². The first kappa shape index (κ1) is 18.1. The molecule has 0 radical (unpaired) electrons. The summed E-state index contributed by atoms with van der Waals surface area (Å²) in [5.41, 5.74) is -0.138. The summed E-state index contributed by atoms with van der Waals surface area (Å²) < 4.78 is 10.3. The third-order valence-electron chi connectivity index (χ3n) is 5.80. The van der Waals surface area contributed by atoms with E-state index in [4.69, 9.17) is 9.47 Å². The molecule has 3 rings (SSSR count). The van der Waals surface area contributed by atoms with Crippen molar-refractivity contribution < 1.29 is 29.0 Å². The predicted molar refractivity (Wildman–Crippen MR) is 88.5 cm³/mol. The number of rotatable bonds is 7. The summed E-state index contributed by atoms with van der Waals surface area (Å²) in [6, 6.07) is 0. The Kier molecular flexibility index (Phi) is 5.00. The number of esters is 2. The first-order valence-corrected chi connectivity index (χ1v) is 9.22. The highest BCUT2D eigenvalue weighted by Crippen LogP contribution is 2.52. The van der Waals surface area contributed by atoms with Crippen molar-refractivity contribution >= 4 is 17.7 Å². The molecule has 2 aliphatic heterocycles. The first-order valence-electron chi connectivity index (χ1n) is 9.22. The van der Waals surface area contributed by atoms with Crippen LogP contribution in [0.5, 0.6) is 0 Å². The minimum atomic E-state index is -0.996. The number of fused-ring (bicyclic) bond motifs is 1. The van der Waals surface area contributed by atoms with Crippen LogP contribution in [0.1, 0.15) is 58.8 Å². The lowest BCUT2D eigenvalue weighted by atomic mass is 9.63. The van der Waals surface area contributed by atoms with Crippen LogP contribution in [0.2, 0.25) is 0 Å². The molecular weight excluding hydrogens is 324 g/mol. The summed E-state index contributed by atoms with van der Waals surface area (Å²) >= 11 is 0. The number of unbranched alkanes of at least 4 members (excludes halogenated alkanes) is 4. The van der Waals surface area contributed by atoms with Gasteiger partial charge in [0.1, 0.15) is 12.2 Å². The molecule has 4 atom stereocenters. The first-order chi connectivity index (χ1) is 11.9. The topological polar surface area (TPSA) is 89.9 Å². The van der Waals surface area contributed by atoms with Gasteiger partial charge in [-0.15, -0.1) is 0 Å². The monoisotopic (exact) mass is 350 g/mol. The molecule has 6 heteroatoms. The maximum Gasteiger partial charge on any atom is 0.342 e. The smallest absolute Gasteiger partial charge is 0.342 e. The molecule has 0 aromatic rings. The Labute approximate surface area is 147 Å². The molecule has 0 saturated carbocycles. The second-order valence-electron chi connectivity index (χ2n) is 7.67. The van der Waals surface area contributed by atoms with Crippen molar-refractivity contribution in [3.05, 3.63) is 11.1 Å². The lowest BCUT2D eigenvalue weighted by molar-refractivity contribution is -0.151. The summed E-state index contributed by atoms with van der Waals surface area (Å²) in [5, 5.41) is 10.6. The van der Waals surface area contributed by atoms with Crippen LogP contribution in [0.15, 0.2) is 11.1 Å². The zero-order valence-corrected chi connectivity index (χ0v) is 14.9. The molecule has 25 heavy (non-hydrogen) atoms. The van der Waals surface area contributed by atoms with E-state index in [-0.39, 0.29) is 12.2 Å². The normalized spacial score (nSPS) is 32.4. The molecule has 1 aliphatic carbocycles. The number of hydrogen-bond donors (Lipinski definition) is 1. The quantitative estimate of drug-likeness (QED) is 0.429. The standard InChI is InChI=1S/C19H26O6/c1-3-4-5-6-7-8-12(20)14-18(23)25-16-15(21)13-11(9-19(14,16)2)10-24-17(13)22/h12,14,16,20H,3-10H2,1-2H3/t12-,14?,16-,19+/m1/s1. The van der Waals surface area contributed by atoms with Crippen LogP contribution in [0, 0.1) is 11.3 Å². The molecule has 1 saturated heterocycles. The van der Waals surface area contributed by atoms with Crippen molar-refractivity contribution in [3.8, 4) is 0 Å². The second kappa shape index (κ2) is 6.90. The van der Waals surface area contributed by atoms with Crippen LogP contribution in [0.25, 0.3) is 0 Å². The number of carbonyl (C=O) groups is 3. The minimum Gasteiger partial charge on any atom is -0.457 e.